The highest BCUT2D eigenvalue weighted by Crippen LogP contribution is 2.26. The molecule has 0 bridgehead atoms. The van der Waals surface area contributed by atoms with Crippen molar-refractivity contribution >= 4 is 41.0 Å². The van der Waals surface area contributed by atoms with Crippen molar-refractivity contribution < 1.29 is 24.6 Å². The van der Waals surface area contributed by atoms with Gasteiger partial charge in [-0.15, -0.1) is 0 Å². The van der Waals surface area contributed by atoms with E-state index >= 15 is 0 Å². The molecule has 2 N–H and O–H groups in total. The molecule has 2 fully saturated rings. The van der Waals surface area contributed by atoms with E-state index in [4.69, 9.17) is 33.4 Å². The van der Waals surface area contributed by atoms with E-state index in [9.17, 15) is 14.4 Å². The van der Waals surface area contributed by atoms with Crippen molar-refractivity contribution in [2.45, 2.75) is 38.1 Å². The third-order valence-electron chi connectivity index (χ3n) is 5.40. The van der Waals surface area contributed by atoms with Crippen molar-refractivity contribution in [1.29, 1.82) is 0 Å². The Balaban J connectivity index is 0.000000390. The number of carboxylic acids is 2. The number of likely N-dealkylation sites (tertiary alicyclic amines) is 2. The van der Waals surface area contributed by atoms with Crippen molar-refractivity contribution in [3.8, 4) is 0 Å². The summed E-state index contributed by atoms with van der Waals surface area (Å²) in [5, 5.41) is 16.6. The molecule has 2 aliphatic rings. The fourth-order valence-electron chi connectivity index (χ4n) is 3.82. The third-order valence-corrected chi connectivity index (χ3v) is 6.14. The molecule has 7 nitrogen and oxygen atoms in total. The molecule has 1 amide bonds. The lowest BCUT2D eigenvalue weighted by Gasteiger charge is -2.39. The fraction of sp³-hybridized carbons (Fsp3) is 0.435. The van der Waals surface area contributed by atoms with Crippen LogP contribution in [-0.2, 0) is 20.8 Å². The molecule has 1 atom stereocenters. The van der Waals surface area contributed by atoms with Gasteiger partial charge in [0.2, 0.25) is 5.91 Å². The lowest BCUT2D eigenvalue weighted by Crippen LogP contribution is -2.50. The molecule has 0 spiro atoms. The molecular weight excluding hydrogens is 455 g/mol. The number of halogens is 2. The lowest BCUT2D eigenvalue weighted by atomic mass is 9.95. The summed E-state index contributed by atoms with van der Waals surface area (Å²) in [5.74, 6) is -2.36. The topological polar surface area (TPSA) is 98.2 Å². The number of amides is 1. The molecule has 1 aromatic rings. The second-order valence-corrected chi connectivity index (χ2v) is 8.62. The summed E-state index contributed by atoms with van der Waals surface area (Å²) in [6, 6.07) is 5.56. The van der Waals surface area contributed by atoms with Crippen LogP contribution in [-0.4, -0.2) is 70.1 Å². The Hall–Kier alpha value is -2.35. The van der Waals surface area contributed by atoms with Crippen LogP contribution in [0.1, 0.15) is 31.2 Å². The molecule has 174 valence electrons. The Labute approximate surface area is 197 Å². The Morgan fingerprint density at radius 3 is 2.19 bits per heavy atom. The van der Waals surface area contributed by atoms with Gasteiger partial charge in [-0.25, -0.2) is 9.59 Å². The van der Waals surface area contributed by atoms with Gasteiger partial charge in [-0.2, -0.15) is 0 Å². The predicted octanol–water partition coefficient (Wildman–Crippen LogP) is 3.89. The van der Waals surface area contributed by atoms with E-state index in [1.165, 1.54) is 18.4 Å². The van der Waals surface area contributed by atoms with Crippen molar-refractivity contribution in [1.82, 2.24) is 9.80 Å². The van der Waals surface area contributed by atoms with E-state index in [0.29, 0.717) is 28.6 Å². The number of carbonyl (C=O) groups is 3. The molecule has 0 aliphatic carbocycles. The summed E-state index contributed by atoms with van der Waals surface area (Å²) >= 11 is 12.0. The van der Waals surface area contributed by atoms with Crippen LogP contribution in [0.3, 0.4) is 0 Å². The molecule has 1 aromatic carbocycles. The molecule has 2 heterocycles. The van der Waals surface area contributed by atoms with Gasteiger partial charge in [0, 0.05) is 25.2 Å². The van der Waals surface area contributed by atoms with Crippen molar-refractivity contribution in [3.63, 3.8) is 0 Å². The molecule has 2 saturated heterocycles. The number of benzene rings is 1. The summed E-state index contributed by atoms with van der Waals surface area (Å²) in [6.07, 6.45) is 6.02. The molecule has 0 aromatic heterocycles. The number of rotatable bonds is 6. The smallest absolute Gasteiger partial charge is 0.328 e. The molecule has 3 rings (SSSR count). The zero-order valence-electron chi connectivity index (χ0n) is 17.8. The normalized spacial score (nSPS) is 19.0. The minimum atomic E-state index is -1.26. The number of aliphatic carboxylic acids is 2. The second-order valence-electron chi connectivity index (χ2n) is 7.81. The molecule has 2 aliphatic heterocycles. The maximum atomic E-state index is 12.9. The van der Waals surface area contributed by atoms with Gasteiger partial charge in [-0.3, -0.25) is 4.79 Å². The Kier molecular flexibility index (Phi) is 10.2. The monoisotopic (exact) mass is 482 g/mol. The number of nitrogens with zero attached hydrogens (tertiary/aromatic N) is 2. The SMILES string of the molecule is C=C1CCCN(C(=O)Cc2ccc(Cl)c(Cl)c2)C1CN1CCCC1.O=C(O)/C=C\C(=O)O. The number of hydrogen-bond acceptors (Lipinski definition) is 4. The van der Waals surface area contributed by atoms with Gasteiger partial charge in [-0.05, 0) is 56.5 Å². The van der Waals surface area contributed by atoms with Crippen LogP contribution in [0.5, 0.6) is 0 Å². The van der Waals surface area contributed by atoms with E-state index in [2.05, 4.69) is 11.5 Å². The van der Waals surface area contributed by atoms with Crippen LogP contribution in [0.2, 0.25) is 10.0 Å². The fourth-order valence-corrected chi connectivity index (χ4v) is 4.14. The first-order valence-corrected chi connectivity index (χ1v) is 11.2. The predicted molar refractivity (Wildman–Crippen MR) is 124 cm³/mol. The summed E-state index contributed by atoms with van der Waals surface area (Å²) in [5.41, 5.74) is 2.10. The van der Waals surface area contributed by atoms with Gasteiger partial charge < -0.3 is 20.0 Å². The molecule has 32 heavy (non-hydrogen) atoms. The highest BCUT2D eigenvalue weighted by molar-refractivity contribution is 6.42. The van der Waals surface area contributed by atoms with Crippen LogP contribution >= 0.6 is 23.2 Å². The highest BCUT2D eigenvalue weighted by atomic mass is 35.5. The molecule has 9 heteroatoms. The maximum absolute atomic E-state index is 12.9. The molecular formula is C23H28Cl2N2O5. The summed E-state index contributed by atoms with van der Waals surface area (Å²) < 4.78 is 0. The van der Waals surface area contributed by atoms with Gasteiger partial charge in [0.15, 0.2) is 0 Å². The van der Waals surface area contributed by atoms with Crippen LogP contribution in [0, 0.1) is 0 Å². The van der Waals surface area contributed by atoms with Crippen LogP contribution in [0.4, 0.5) is 0 Å². The average Bonchev–Trinajstić information content (AvgIpc) is 3.24. The third kappa shape index (κ3) is 8.30. The highest BCUT2D eigenvalue weighted by Gasteiger charge is 2.31. The van der Waals surface area contributed by atoms with E-state index in [1.54, 1.807) is 12.1 Å². The van der Waals surface area contributed by atoms with Crippen molar-refractivity contribution in [2.24, 2.45) is 0 Å². The summed E-state index contributed by atoms with van der Waals surface area (Å²) in [6.45, 7) is 8.26. The van der Waals surface area contributed by atoms with Crippen LogP contribution in [0.25, 0.3) is 0 Å². The number of piperidine rings is 1. The zero-order chi connectivity index (χ0) is 23.7. The van der Waals surface area contributed by atoms with E-state index in [1.807, 2.05) is 11.0 Å². The largest absolute Gasteiger partial charge is 0.478 e. The first kappa shape index (κ1) is 25.9. The summed E-state index contributed by atoms with van der Waals surface area (Å²) in [7, 11) is 0. The Morgan fingerprint density at radius 2 is 1.62 bits per heavy atom. The lowest BCUT2D eigenvalue weighted by molar-refractivity contribution is -0.134. The number of carboxylic acid groups (broad SMARTS) is 2. The van der Waals surface area contributed by atoms with E-state index in [0.717, 1.165) is 44.6 Å². The van der Waals surface area contributed by atoms with E-state index in [-0.39, 0.29) is 11.9 Å². The van der Waals surface area contributed by atoms with E-state index < -0.39 is 11.9 Å². The van der Waals surface area contributed by atoms with Crippen molar-refractivity contribution in [3.05, 3.63) is 58.1 Å². The molecule has 0 saturated carbocycles. The number of carbonyl (C=O) groups excluding carboxylic acids is 1. The summed E-state index contributed by atoms with van der Waals surface area (Å²) in [4.78, 5) is 36.5. The minimum absolute atomic E-state index is 0.145. The van der Waals surface area contributed by atoms with Crippen molar-refractivity contribution in [2.75, 3.05) is 26.2 Å². The minimum Gasteiger partial charge on any atom is -0.478 e. The van der Waals surface area contributed by atoms with Gasteiger partial charge in [0.25, 0.3) is 0 Å². The molecule has 1 unspecified atom stereocenters. The Bertz CT molecular complexity index is 865. The van der Waals surface area contributed by atoms with Crippen LogP contribution in [0.15, 0.2) is 42.5 Å². The first-order chi connectivity index (χ1) is 15.2. The Morgan fingerprint density at radius 1 is 1.00 bits per heavy atom. The van der Waals surface area contributed by atoms with Gasteiger partial charge >= 0.3 is 11.9 Å². The quantitative estimate of drug-likeness (QED) is 0.471. The zero-order valence-corrected chi connectivity index (χ0v) is 19.3. The van der Waals surface area contributed by atoms with Gasteiger partial charge in [0.1, 0.15) is 0 Å². The first-order valence-electron chi connectivity index (χ1n) is 10.4. The number of hydrogen-bond donors (Lipinski definition) is 2. The van der Waals surface area contributed by atoms with Gasteiger partial charge in [-0.1, -0.05) is 41.4 Å². The maximum Gasteiger partial charge on any atom is 0.328 e. The van der Waals surface area contributed by atoms with Crippen LogP contribution < -0.4 is 0 Å². The average molecular weight is 483 g/mol. The second kappa shape index (κ2) is 12.6. The molecule has 0 radical (unpaired) electrons. The van der Waals surface area contributed by atoms with Gasteiger partial charge in [0.05, 0.1) is 22.5 Å². The standard InChI is InChI=1S/C19H24Cl2N2O.C4H4O4/c1-14-5-4-10-23(18(14)13-22-8-2-3-9-22)19(24)12-15-6-7-16(20)17(21)11-15;5-3(6)1-2-4(7)8/h6-7,11,18H,1-5,8-10,12-13H2;1-2H,(H,5,6)(H,7,8)/b;2-1-.